The summed E-state index contributed by atoms with van der Waals surface area (Å²) in [5, 5.41) is 2.95. The van der Waals surface area contributed by atoms with Gasteiger partial charge in [0.2, 0.25) is 0 Å². The fourth-order valence-corrected chi connectivity index (χ4v) is 3.34. The quantitative estimate of drug-likeness (QED) is 0.838. The van der Waals surface area contributed by atoms with Gasteiger partial charge in [-0.15, -0.1) is 0 Å². The van der Waals surface area contributed by atoms with E-state index >= 15 is 0 Å². The van der Waals surface area contributed by atoms with E-state index in [0.29, 0.717) is 18.0 Å². The van der Waals surface area contributed by atoms with Crippen LogP contribution in [0.15, 0.2) is 24.3 Å². The molecule has 2 rings (SSSR count). The van der Waals surface area contributed by atoms with Crippen molar-refractivity contribution in [2.45, 2.75) is 71.1 Å². The van der Waals surface area contributed by atoms with Gasteiger partial charge in [0.15, 0.2) is 0 Å². The molecule has 0 aromatic heterocycles. The van der Waals surface area contributed by atoms with E-state index in [2.05, 4.69) is 17.1 Å². The molecular formula is C20H31FN2O2. The zero-order chi connectivity index (χ0) is 18.4. The first-order chi connectivity index (χ1) is 11.7. The molecule has 2 atom stereocenters. The molecular weight excluding hydrogens is 319 g/mol. The van der Waals surface area contributed by atoms with Gasteiger partial charge in [-0.3, -0.25) is 0 Å². The first-order valence-electron chi connectivity index (χ1n) is 9.21. The van der Waals surface area contributed by atoms with E-state index in [9.17, 15) is 9.18 Å². The SMILES string of the molecule is CC(CC(Cc1ccccc1F)NC(=O)OC(C)(C)C)N1CCCC1. The third-order valence-electron chi connectivity index (χ3n) is 4.53. The van der Waals surface area contributed by atoms with Gasteiger partial charge in [-0.2, -0.15) is 0 Å². The van der Waals surface area contributed by atoms with Crippen LogP contribution in [0.5, 0.6) is 0 Å². The lowest BCUT2D eigenvalue weighted by molar-refractivity contribution is 0.0493. The topological polar surface area (TPSA) is 41.6 Å². The number of carbonyl (C=O) groups is 1. The molecule has 1 aromatic rings. The van der Waals surface area contributed by atoms with Gasteiger partial charge in [-0.05, 0) is 78.1 Å². The van der Waals surface area contributed by atoms with Crippen LogP contribution in [-0.4, -0.2) is 41.8 Å². The average Bonchev–Trinajstić information content (AvgIpc) is 3.01. The predicted octanol–water partition coefficient (Wildman–Crippen LogP) is 4.14. The highest BCUT2D eigenvalue weighted by atomic mass is 19.1. The van der Waals surface area contributed by atoms with Crippen LogP contribution in [-0.2, 0) is 11.2 Å². The van der Waals surface area contributed by atoms with Gasteiger partial charge >= 0.3 is 6.09 Å². The van der Waals surface area contributed by atoms with Crippen molar-refractivity contribution in [3.8, 4) is 0 Å². The second kappa shape index (κ2) is 8.65. The maximum absolute atomic E-state index is 14.0. The van der Waals surface area contributed by atoms with Crippen LogP contribution in [0.2, 0.25) is 0 Å². The molecule has 1 heterocycles. The average molecular weight is 350 g/mol. The summed E-state index contributed by atoms with van der Waals surface area (Å²) >= 11 is 0. The molecule has 25 heavy (non-hydrogen) atoms. The molecule has 1 aliphatic heterocycles. The molecule has 0 spiro atoms. The van der Waals surface area contributed by atoms with Crippen LogP contribution < -0.4 is 5.32 Å². The third-order valence-corrected chi connectivity index (χ3v) is 4.53. The summed E-state index contributed by atoms with van der Waals surface area (Å²) in [6.45, 7) is 9.89. The van der Waals surface area contributed by atoms with Gasteiger partial charge in [0.1, 0.15) is 11.4 Å². The zero-order valence-electron chi connectivity index (χ0n) is 15.8. The number of nitrogens with zero attached hydrogens (tertiary/aromatic N) is 1. The van der Waals surface area contributed by atoms with Gasteiger partial charge in [-0.1, -0.05) is 18.2 Å². The minimum absolute atomic E-state index is 0.164. The maximum Gasteiger partial charge on any atom is 0.407 e. The molecule has 1 saturated heterocycles. The van der Waals surface area contributed by atoms with Crippen molar-refractivity contribution in [1.82, 2.24) is 10.2 Å². The van der Waals surface area contributed by atoms with Gasteiger partial charge < -0.3 is 15.0 Å². The van der Waals surface area contributed by atoms with E-state index in [4.69, 9.17) is 4.74 Å². The lowest BCUT2D eigenvalue weighted by atomic mass is 9.99. The van der Waals surface area contributed by atoms with Crippen molar-refractivity contribution in [3.05, 3.63) is 35.6 Å². The fraction of sp³-hybridized carbons (Fsp3) is 0.650. The molecule has 0 saturated carbocycles. The van der Waals surface area contributed by atoms with Gasteiger partial charge in [0.05, 0.1) is 0 Å². The number of benzene rings is 1. The van der Waals surface area contributed by atoms with Gasteiger partial charge in [0.25, 0.3) is 0 Å². The number of amides is 1. The Morgan fingerprint density at radius 1 is 1.28 bits per heavy atom. The highest BCUT2D eigenvalue weighted by Gasteiger charge is 2.25. The summed E-state index contributed by atoms with van der Waals surface area (Å²) in [4.78, 5) is 14.6. The Bertz CT molecular complexity index is 565. The van der Waals surface area contributed by atoms with Crippen LogP contribution in [0.25, 0.3) is 0 Å². The summed E-state index contributed by atoms with van der Waals surface area (Å²) in [7, 11) is 0. The summed E-state index contributed by atoms with van der Waals surface area (Å²) in [6.07, 6.45) is 3.24. The molecule has 1 aliphatic rings. The lowest BCUT2D eigenvalue weighted by Gasteiger charge is -2.29. The number of carbonyl (C=O) groups excluding carboxylic acids is 1. The minimum Gasteiger partial charge on any atom is -0.444 e. The summed E-state index contributed by atoms with van der Waals surface area (Å²) in [5.41, 5.74) is 0.0740. The zero-order valence-corrected chi connectivity index (χ0v) is 15.8. The molecule has 140 valence electrons. The van der Waals surface area contributed by atoms with Crippen molar-refractivity contribution < 1.29 is 13.9 Å². The number of likely N-dealkylation sites (tertiary alicyclic amines) is 1. The van der Waals surface area contributed by atoms with Crippen LogP contribution in [0, 0.1) is 5.82 Å². The molecule has 5 heteroatoms. The number of rotatable bonds is 6. The van der Waals surface area contributed by atoms with Crippen molar-refractivity contribution in [2.24, 2.45) is 0 Å². The molecule has 4 nitrogen and oxygen atoms in total. The number of nitrogens with one attached hydrogen (secondary N) is 1. The summed E-state index contributed by atoms with van der Waals surface area (Å²) in [6, 6.07) is 6.93. The van der Waals surface area contributed by atoms with Crippen molar-refractivity contribution in [3.63, 3.8) is 0 Å². The number of alkyl carbamates (subject to hydrolysis) is 1. The van der Waals surface area contributed by atoms with E-state index in [1.165, 1.54) is 18.9 Å². The number of ether oxygens (including phenoxy) is 1. The lowest BCUT2D eigenvalue weighted by Crippen LogP contribution is -2.44. The van der Waals surface area contributed by atoms with E-state index in [-0.39, 0.29) is 11.9 Å². The standard InChI is InChI=1S/C20H31FN2O2/c1-15(23-11-7-8-12-23)13-17(22-19(24)25-20(2,3)4)14-16-9-5-6-10-18(16)21/h5-6,9-10,15,17H,7-8,11-14H2,1-4H3,(H,22,24). The first kappa shape index (κ1) is 19.7. The molecule has 1 fully saturated rings. The summed E-state index contributed by atoms with van der Waals surface area (Å²) in [5.74, 6) is -0.229. The van der Waals surface area contributed by atoms with Crippen LogP contribution >= 0.6 is 0 Å². The predicted molar refractivity (Wildman–Crippen MR) is 98.1 cm³/mol. The molecule has 0 aliphatic carbocycles. The summed E-state index contributed by atoms with van der Waals surface area (Å²) < 4.78 is 19.4. The van der Waals surface area contributed by atoms with Crippen molar-refractivity contribution in [2.75, 3.05) is 13.1 Å². The number of hydrogen-bond acceptors (Lipinski definition) is 3. The Balaban J connectivity index is 2.04. The Labute approximate surface area is 150 Å². The smallest absolute Gasteiger partial charge is 0.407 e. The maximum atomic E-state index is 14.0. The first-order valence-corrected chi connectivity index (χ1v) is 9.21. The molecule has 1 N–H and O–H groups in total. The highest BCUT2D eigenvalue weighted by Crippen LogP contribution is 2.18. The van der Waals surface area contributed by atoms with Crippen molar-refractivity contribution >= 4 is 6.09 Å². The van der Waals surface area contributed by atoms with Crippen molar-refractivity contribution in [1.29, 1.82) is 0 Å². The fourth-order valence-electron chi connectivity index (χ4n) is 3.34. The minimum atomic E-state index is -0.548. The largest absolute Gasteiger partial charge is 0.444 e. The molecule has 0 bridgehead atoms. The van der Waals surface area contributed by atoms with E-state index in [0.717, 1.165) is 19.5 Å². The second-order valence-electron chi connectivity index (χ2n) is 7.97. The molecule has 1 aromatic carbocycles. The Morgan fingerprint density at radius 3 is 2.52 bits per heavy atom. The second-order valence-corrected chi connectivity index (χ2v) is 7.97. The van der Waals surface area contributed by atoms with Crippen LogP contribution in [0.3, 0.4) is 0 Å². The Morgan fingerprint density at radius 2 is 1.92 bits per heavy atom. The normalized spacial score (nSPS) is 18.0. The number of halogens is 1. The van der Waals surface area contributed by atoms with Gasteiger partial charge in [0, 0.05) is 12.1 Å². The van der Waals surface area contributed by atoms with Crippen LogP contribution in [0.1, 0.15) is 52.5 Å². The van der Waals surface area contributed by atoms with E-state index in [1.54, 1.807) is 12.1 Å². The molecule has 1 amide bonds. The molecule has 0 radical (unpaired) electrons. The van der Waals surface area contributed by atoms with E-state index in [1.807, 2.05) is 26.8 Å². The van der Waals surface area contributed by atoms with Gasteiger partial charge in [-0.25, -0.2) is 9.18 Å². The number of hydrogen-bond donors (Lipinski definition) is 1. The van der Waals surface area contributed by atoms with Crippen LogP contribution in [0.4, 0.5) is 9.18 Å². The third kappa shape index (κ3) is 6.65. The Kier molecular flexibility index (Phi) is 6.82. The highest BCUT2D eigenvalue weighted by molar-refractivity contribution is 5.68. The molecule has 2 unspecified atom stereocenters. The monoisotopic (exact) mass is 350 g/mol. The van der Waals surface area contributed by atoms with E-state index < -0.39 is 11.7 Å². The Hall–Kier alpha value is -1.62.